The summed E-state index contributed by atoms with van der Waals surface area (Å²) < 4.78 is 0. The summed E-state index contributed by atoms with van der Waals surface area (Å²) in [7, 11) is 0. The lowest BCUT2D eigenvalue weighted by Gasteiger charge is -2.46. The Bertz CT molecular complexity index is 383. The van der Waals surface area contributed by atoms with Crippen molar-refractivity contribution in [1.82, 2.24) is 0 Å². The van der Waals surface area contributed by atoms with Gasteiger partial charge in [-0.25, -0.2) is 0 Å². The maximum atomic E-state index is 10.6. The molecule has 0 aromatic carbocycles. The van der Waals surface area contributed by atoms with E-state index in [0.29, 0.717) is 21.7 Å². The van der Waals surface area contributed by atoms with Gasteiger partial charge >= 0.3 is 0 Å². The van der Waals surface area contributed by atoms with Crippen LogP contribution in [0.4, 0.5) is 0 Å². The average Bonchev–Trinajstić information content (AvgIpc) is 2.47. The third kappa shape index (κ3) is 0.573. The predicted molar refractivity (Wildman–Crippen MR) is 63.9 cm³/mol. The molecule has 0 aromatic rings. The molecule has 5 aliphatic carbocycles. The van der Waals surface area contributed by atoms with E-state index in [-0.39, 0.29) is 6.10 Å². The summed E-state index contributed by atoms with van der Waals surface area (Å²) in [5.41, 5.74) is 1.70. The quantitative estimate of drug-likeness (QED) is 0.664. The molecule has 90 valence electrons. The van der Waals surface area contributed by atoms with Crippen molar-refractivity contribution < 1.29 is 5.11 Å². The van der Waals surface area contributed by atoms with Gasteiger partial charge in [0.1, 0.15) is 0 Å². The highest BCUT2D eigenvalue weighted by atomic mass is 16.3. The molecule has 5 aliphatic rings. The van der Waals surface area contributed by atoms with Gasteiger partial charge in [0.25, 0.3) is 0 Å². The third-order valence-corrected chi connectivity index (χ3v) is 7.75. The number of hydrogen-bond donors (Lipinski definition) is 1. The highest BCUT2D eigenvalue weighted by Gasteiger charge is 2.95. The van der Waals surface area contributed by atoms with E-state index < -0.39 is 0 Å². The van der Waals surface area contributed by atoms with Crippen LogP contribution >= 0.6 is 0 Å². The summed E-state index contributed by atoms with van der Waals surface area (Å²) in [6, 6.07) is 0. The lowest BCUT2D eigenvalue weighted by molar-refractivity contribution is -0.0567. The SMILES string of the molecule is CC1(C)CCC(O)[C@@]23[C@@H]4CC(C[C@]412)C3(C)C. The largest absolute Gasteiger partial charge is 0.392 e. The van der Waals surface area contributed by atoms with Crippen molar-refractivity contribution in [1.29, 1.82) is 0 Å². The Labute approximate surface area is 98.6 Å². The molecular weight excluding hydrogens is 196 g/mol. The molecule has 5 saturated carbocycles. The smallest absolute Gasteiger partial charge is 0.0610 e. The number of hydrogen-bond acceptors (Lipinski definition) is 1. The van der Waals surface area contributed by atoms with Crippen molar-refractivity contribution in [2.24, 2.45) is 33.5 Å². The van der Waals surface area contributed by atoms with E-state index >= 15 is 0 Å². The molecule has 0 saturated heterocycles. The van der Waals surface area contributed by atoms with Crippen LogP contribution in [0.1, 0.15) is 53.4 Å². The summed E-state index contributed by atoms with van der Waals surface area (Å²) in [4.78, 5) is 0. The minimum absolute atomic E-state index is 0.00646. The standard InChI is InChI=1S/C15H24O/c1-12(2)6-5-11(16)15-10-7-9(13(15,3)4)8-14(10,12)15/h9-11,16H,5-8H2,1-4H3/t9?,10-,11?,14+,15-/m1/s1. The van der Waals surface area contributed by atoms with Crippen LogP contribution in [0.3, 0.4) is 0 Å². The molecule has 5 rings (SSSR count). The van der Waals surface area contributed by atoms with Gasteiger partial charge in [-0.2, -0.15) is 0 Å². The van der Waals surface area contributed by atoms with Crippen LogP contribution in [0.15, 0.2) is 0 Å². The topological polar surface area (TPSA) is 20.2 Å². The summed E-state index contributed by atoms with van der Waals surface area (Å²) in [6.45, 7) is 9.82. The zero-order valence-corrected chi connectivity index (χ0v) is 11.0. The summed E-state index contributed by atoms with van der Waals surface area (Å²) in [5.74, 6) is 1.75. The summed E-state index contributed by atoms with van der Waals surface area (Å²) >= 11 is 0. The molecule has 16 heavy (non-hydrogen) atoms. The first-order valence-electron chi connectivity index (χ1n) is 7.00. The van der Waals surface area contributed by atoms with Gasteiger partial charge in [0, 0.05) is 5.41 Å². The Morgan fingerprint density at radius 3 is 2.38 bits per heavy atom. The van der Waals surface area contributed by atoms with Crippen molar-refractivity contribution in [3.8, 4) is 0 Å². The molecule has 0 heterocycles. The van der Waals surface area contributed by atoms with E-state index in [2.05, 4.69) is 27.7 Å². The predicted octanol–water partition coefficient (Wildman–Crippen LogP) is 3.22. The van der Waals surface area contributed by atoms with Crippen LogP contribution in [0.25, 0.3) is 0 Å². The zero-order chi connectivity index (χ0) is 11.6. The van der Waals surface area contributed by atoms with E-state index in [9.17, 15) is 5.11 Å². The molecule has 2 unspecified atom stereocenters. The fourth-order valence-corrected chi connectivity index (χ4v) is 7.23. The third-order valence-electron chi connectivity index (χ3n) is 7.75. The van der Waals surface area contributed by atoms with Crippen molar-refractivity contribution in [2.45, 2.75) is 59.5 Å². The second-order valence-corrected chi connectivity index (χ2v) is 8.19. The Kier molecular flexibility index (Phi) is 1.33. The minimum atomic E-state index is -0.00646. The molecule has 5 fully saturated rings. The second-order valence-electron chi connectivity index (χ2n) is 8.19. The fourth-order valence-electron chi connectivity index (χ4n) is 7.23. The Balaban J connectivity index is 1.96. The van der Waals surface area contributed by atoms with Crippen molar-refractivity contribution in [2.75, 3.05) is 0 Å². The van der Waals surface area contributed by atoms with Crippen molar-refractivity contribution in [3.63, 3.8) is 0 Å². The molecule has 2 spiro atoms. The van der Waals surface area contributed by atoms with Crippen molar-refractivity contribution >= 4 is 0 Å². The lowest BCUT2D eigenvalue weighted by atomic mass is 9.60. The molecule has 1 heteroatoms. The van der Waals surface area contributed by atoms with Crippen LogP contribution in [0.5, 0.6) is 0 Å². The fraction of sp³-hybridized carbons (Fsp3) is 1.00. The summed E-state index contributed by atoms with van der Waals surface area (Å²) in [6.07, 6.45) is 5.09. The molecule has 0 amide bonds. The molecule has 1 nitrogen and oxygen atoms in total. The highest BCUT2D eigenvalue weighted by Crippen LogP contribution is 2.99. The minimum Gasteiger partial charge on any atom is -0.392 e. The van der Waals surface area contributed by atoms with Gasteiger partial charge in [-0.1, -0.05) is 27.7 Å². The van der Waals surface area contributed by atoms with E-state index in [0.717, 1.165) is 18.3 Å². The van der Waals surface area contributed by atoms with E-state index in [1.807, 2.05) is 0 Å². The summed E-state index contributed by atoms with van der Waals surface area (Å²) in [5, 5.41) is 10.6. The number of aliphatic hydroxyl groups is 1. The molecule has 0 aliphatic heterocycles. The second kappa shape index (κ2) is 2.13. The first-order chi connectivity index (χ1) is 7.32. The highest BCUT2D eigenvalue weighted by molar-refractivity contribution is 5.42. The Hall–Kier alpha value is -0.0400. The maximum Gasteiger partial charge on any atom is 0.0610 e. The Morgan fingerprint density at radius 2 is 1.81 bits per heavy atom. The van der Waals surface area contributed by atoms with Crippen LogP contribution in [-0.4, -0.2) is 11.2 Å². The van der Waals surface area contributed by atoms with Gasteiger partial charge in [-0.3, -0.25) is 0 Å². The van der Waals surface area contributed by atoms with E-state index in [1.165, 1.54) is 19.3 Å². The van der Waals surface area contributed by atoms with Gasteiger partial charge in [0.15, 0.2) is 0 Å². The van der Waals surface area contributed by atoms with Gasteiger partial charge < -0.3 is 5.11 Å². The molecule has 0 radical (unpaired) electrons. The lowest BCUT2D eigenvalue weighted by Crippen LogP contribution is -2.44. The van der Waals surface area contributed by atoms with Crippen molar-refractivity contribution in [3.05, 3.63) is 0 Å². The normalized spacial score (nSPS) is 63.2. The molecule has 5 atom stereocenters. The van der Waals surface area contributed by atoms with Crippen LogP contribution in [0.2, 0.25) is 0 Å². The maximum absolute atomic E-state index is 10.6. The monoisotopic (exact) mass is 220 g/mol. The molecule has 1 N–H and O–H groups in total. The molecule has 4 bridgehead atoms. The molecule has 0 aromatic heterocycles. The van der Waals surface area contributed by atoms with E-state index in [1.54, 1.807) is 0 Å². The van der Waals surface area contributed by atoms with Crippen LogP contribution < -0.4 is 0 Å². The molecular formula is C15H24O. The van der Waals surface area contributed by atoms with Gasteiger partial charge in [-0.15, -0.1) is 0 Å². The first-order valence-corrected chi connectivity index (χ1v) is 7.00. The van der Waals surface area contributed by atoms with Crippen LogP contribution in [-0.2, 0) is 0 Å². The van der Waals surface area contributed by atoms with E-state index in [4.69, 9.17) is 0 Å². The number of aliphatic hydroxyl groups excluding tert-OH is 1. The Morgan fingerprint density at radius 1 is 1.12 bits per heavy atom. The van der Waals surface area contributed by atoms with Gasteiger partial charge in [0.05, 0.1) is 6.10 Å². The first kappa shape index (κ1) is 9.94. The van der Waals surface area contributed by atoms with Gasteiger partial charge in [0.2, 0.25) is 0 Å². The number of rotatable bonds is 0. The van der Waals surface area contributed by atoms with Gasteiger partial charge in [-0.05, 0) is 53.8 Å². The average molecular weight is 220 g/mol. The zero-order valence-electron chi connectivity index (χ0n) is 11.0. The van der Waals surface area contributed by atoms with Crippen LogP contribution in [0, 0.1) is 33.5 Å².